The maximum absolute atomic E-state index is 13.4. The van der Waals surface area contributed by atoms with Crippen molar-refractivity contribution >= 4 is 17.7 Å². The Morgan fingerprint density at radius 2 is 1.90 bits per heavy atom. The number of methoxy groups -OCH3 is 1. The van der Waals surface area contributed by atoms with Gasteiger partial charge in [-0.3, -0.25) is 19.3 Å². The summed E-state index contributed by atoms with van der Waals surface area (Å²) >= 11 is 0. The van der Waals surface area contributed by atoms with Crippen LogP contribution in [0.2, 0.25) is 0 Å². The number of rotatable bonds is 9. The average Bonchev–Trinajstić information content (AvgIpc) is 3.39. The van der Waals surface area contributed by atoms with Crippen molar-refractivity contribution in [1.29, 1.82) is 0 Å². The van der Waals surface area contributed by atoms with Crippen LogP contribution in [0.4, 0.5) is 0 Å². The van der Waals surface area contributed by atoms with Crippen LogP contribution >= 0.6 is 0 Å². The molecule has 1 spiro atoms. The number of nitrogens with zero attached hydrogens (tertiary/aromatic N) is 1. The van der Waals surface area contributed by atoms with Gasteiger partial charge >= 0.3 is 0 Å². The number of ether oxygens (including phenoxy) is 1. The summed E-state index contributed by atoms with van der Waals surface area (Å²) in [5.41, 5.74) is 0.0922. The van der Waals surface area contributed by atoms with E-state index < -0.39 is 5.41 Å². The molecule has 2 saturated carbocycles. The predicted molar refractivity (Wildman–Crippen MR) is 117 cm³/mol. The van der Waals surface area contributed by atoms with Crippen molar-refractivity contribution in [1.82, 2.24) is 10.2 Å². The van der Waals surface area contributed by atoms with Crippen molar-refractivity contribution in [3.8, 4) is 0 Å². The van der Waals surface area contributed by atoms with E-state index in [1.807, 2.05) is 30.3 Å². The third-order valence-corrected chi connectivity index (χ3v) is 7.68. The van der Waals surface area contributed by atoms with Gasteiger partial charge in [-0.25, -0.2) is 0 Å². The predicted octanol–water partition coefficient (Wildman–Crippen LogP) is 3.20. The lowest BCUT2D eigenvalue weighted by atomic mass is 9.75. The Bertz CT molecular complexity index is 818. The summed E-state index contributed by atoms with van der Waals surface area (Å²) in [5.74, 6) is -0.0382. The summed E-state index contributed by atoms with van der Waals surface area (Å²) in [6.45, 7) is 1.49. The van der Waals surface area contributed by atoms with Gasteiger partial charge in [0.1, 0.15) is 0 Å². The highest BCUT2D eigenvalue weighted by Gasteiger charge is 2.55. The van der Waals surface area contributed by atoms with Crippen molar-refractivity contribution in [2.75, 3.05) is 26.8 Å². The highest BCUT2D eigenvalue weighted by atomic mass is 16.5. The molecule has 31 heavy (non-hydrogen) atoms. The molecule has 6 heteroatoms. The molecule has 0 unspecified atom stereocenters. The third kappa shape index (κ3) is 4.40. The molecule has 0 radical (unpaired) electrons. The lowest BCUT2D eigenvalue weighted by molar-refractivity contribution is -0.141. The smallest absolute Gasteiger partial charge is 0.240 e. The SMILES string of the molecule is COCCCN1C(=O)C[C@](CC(=O)NC[C@@H]2CC23CCCCC3)(c2ccccc2)C1=O. The van der Waals surface area contributed by atoms with Crippen molar-refractivity contribution in [3.05, 3.63) is 35.9 Å². The molecular weight excluding hydrogens is 392 g/mol. The molecule has 1 aliphatic heterocycles. The number of hydrogen-bond donors (Lipinski definition) is 1. The molecule has 1 N–H and O–H groups in total. The van der Waals surface area contributed by atoms with Gasteiger partial charge in [-0.05, 0) is 42.6 Å². The highest BCUT2D eigenvalue weighted by Crippen LogP contribution is 2.61. The molecule has 6 nitrogen and oxygen atoms in total. The molecule has 2 aliphatic carbocycles. The Hall–Kier alpha value is -2.21. The van der Waals surface area contributed by atoms with Crippen LogP contribution in [-0.4, -0.2) is 49.4 Å². The number of carbonyl (C=O) groups excluding carboxylic acids is 3. The summed E-state index contributed by atoms with van der Waals surface area (Å²) < 4.78 is 5.07. The standard InChI is InChI=1S/C25H34N2O4/c1-31-14-8-13-27-22(29)17-25(23(27)30,19-9-4-2-5-10-19)16-21(28)26-18-20-15-24(20)11-6-3-7-12-24/h2,4-5,9-10,20H,3,6-8,11-18H2,1H3,(H,26,28)/t20-,25+/m0/s1. The first-order valence-electron chi connectivity index (χ1n) is 11.7. The summed E-state index contributed by atoms with van der Waals surface area (Å²) in [5, 5.41) is 3.10. The maximum atomic E-state index is 13.4. The molecule has 0 bridgehead atoms. The summed E-state index contributed by atoms with van der Waals surface area (Å²) in [4.78, 5) is 40.5. The van der Waals surface area contributed by atoms with E-state index in [0.717, 1.165) is 5.56 Å². The van der Waals surface area contributed by atoms with Gasteiger partial charge in [0, 0.05) is 39.6 Å². The van der Waals surface area contributed by atoms with Crippen molar-refractivity contribution in [2.45, 2.75) is 63.2 Å². The Labute approximate surface area is 184 Å². The van der Waals surface area contributed by atoms with Gasteiger partial charge < -0.3 is 10.1 Å². The van der Waals surface area contributed by atoms with E-state index in [0.29, 0.717) is 37.5 Å². The minimum atomic E-state index is -1.11. The molecule has 2 atom stereocenters. The minimum absolute atomic E-state index is 0.0160. The number of amides is 3. The minimum Gasteiger partial charge on any atom is -0.385 e. The van der Waals surface area contributed by atoms with Gasteiger partial charge in [0.25, 0.3) is 0 Å². The topological polar surface area (TPSA) is 75.7 Å². The molecule has 3 amide bonds. The maximum Gasteiger partial charge on any atom is 0.240 e. The second-order valence-corrected chi connectivity index (χ2v) is 9.63. The monoisotopic (exact) mass is 426 g/mol. The number of imide groups is 1. The van der Waals surface area contributed by atoms with Gasteiger partial charge in [0.2, 0.25) is 17.7 Å². The highest BCUT2D eigenvalue weighted by molar-refractivity contribution is 6.10. The second kappa shape index (κ2) is 9.11. The fourth-order valence-corrected chi connectivity index (χ4v) is 5.78. The zero-order chi connectivity index (χ0) is 21.9. The lowest BCUT2D eigenvalue weighted by Gasteiger charge is -2.27. The van der Waals surface area contributed by atoms with Crippen LogP contribution in [0.5, 0.6) is 0 Å². The van der Waals surface area contributed by atoms with Crippen LogP contribution in [-0.2, 0) is 24.5 Å². The number of hydrogen-bond acceptors (Lipinski definition) is 4. The first-order valence-corrected chi connectivity index (χ1v) is 11.7. The van der Waals surface area contributed by atoms with E-state index in [1.54, 1.807) is 7.11 Å². The van der Waals surface area contributed by atoms with Crippen LogP contribution in [0.25, 0.3) is 0 Å². The number of nitrogens with one attached hydrogen (secondary N) is 1. The molecule has 1 aromatic carbocycles. The average molecular weight is 427 g/mol. The molecule has 1 heterocycles. The van der Waals surface area contributed by atoms with Crippen LogP contribution in [0, 0.1) is 11.3 Å². The van der Waals surface area contributed by atoms with Crippen LogP contribution < -0.4 is 5.32 Å². The van der Waals surface area contributed by atoms with E-state index in [1.165, 1.54) is 43.4 Å². The van der Waals surface area contributed by atoms with Crippen LogP contribution in [0.3, 0.4) is 0 Å². The zero-order valence-electron chi connectivity index (χ0n) is 18.5. The fraction of sp³-hybridized carbons (Fsp3) is 0.640. The number of likely N-dealkylation sites (tertiary alicyclic amines) is 1. The fourth-order valence-electron chi connectivity index (χ4n) is 5.78. The first kappa shape index (κ1) is 22.0. The Morgan fingerprint density at radius 1 is 1.16 bits per heavy atom. The van der Waals surface area contributed by atoms with E-state index in [9.17, 15) is 14.4 Å². The van der Waals surface area contributed by atoms with Crippen LogP contribution in [0.15, 0.2) is 30.3 Å². The Balaban J connectivity index is 1.44. The largest absolute Gasteiger partial charge is 0.385 e. The van der Waals surface area contributed by atoms with Crippen LogP contribution in [0.1, 0.15) is 63.4 Å². The molecule has 3 aliphatic rings. The van der Waals surface area contributed by atoms with Gasteiger partial charge in [-0.2, -0.15) is 0 Å². The van der Waals surface area contributed by atoms with Crippen molar-refractivity contribution in [3.63, 3.8) is 0 Å². The van der Waals surface area contributed by atoms with Crippen molar-refractivity contribution in [2.24, 2.45) is 11.3 Å². The molecular formula is C25H34N2O4. The summed E-state index contributed by atoms with van der Waals surface area (Å²) in [7, 11) is 1.60. The summed E-state index contributed by atoms with van der Waals surface area (Å²) in [6, 6.07) is 9.31. The third-order valence-electron chi connectivity index (χ3n) is 7.68. The van der Waals surface area contributed by atoms with Gasteiger partial charge in [0.05, 0.1) is 5.41 Å². The summed E-state index contributed by atoms with van der Waals surface area (Å²) in [6.07, 6.45) is 8.36. The second-order valence-electron chi connectivity index (χ2n) is 9.63. The molecule has 4 rings (SSSR count). The van der Waals surface area contributed by atoms with Gasteiger partial charge in [-0.15, -0.1) is 0 Å². The quantitative estimate of drug-likeness (QED) is 0.486. The normalized spacial score (nSPS) is 27.0. The lowest BCUT2D eigenvalue weighted by Crippen LogP contribution is -2.43. The van der Waals surface area contributed by atoms with Gasteiger partial charge in [-0.1, -0.05) is 49.6 Å². The van der Waals surface area contributed by atoms with E-state index in [2.05, 4.69) is 5.32 Å². The molecule has 1 aromatic rings. The van der Waals surface area contributed by atoms with E-state index in [-0.39, 0.29) is 30.6 Å². The van der Waals surface area contributed by atoms with Crippen molar-refractivity contribution < 1.29 is 19.1 Å². The Morgan fingerprint density at radius 3 is 2.61 bits per heavy atom. The zero-order valence-corrected chi connectivity index (χ0v) is 18.5. The molecule has 0 aromatic heterocycles. The molecule has 3 fully saturated rings. The van der Waals surface area contributed by atoms with Gasteiger partial charge in [0.15, 0.2) is 0 Å². The number of carbonyl (C=O) groups is 3. The molecule has 1 saturated heterocycles. The van der Waals surface area contributed by atoms with E-state index >= 15 is 0 Å². The first-order chi connectivity index (χ1) is 15.0. The molecule has 168 valence electrons. The Kier molecular flexibility index (Phi) is 6.47. The van der Waals surface area contributed by atoms with E-state index in [4.69, 9.17) is 4.74 Å². The number of benzene rings is 1.